The Labute approximate surface area is 142 Å². The van der Waals surface area contributed by atoms with Gasteiger partial charge in [-0.2, -0.15) is 0 Å². The zero-order chi connectivity index (χ0) is 17.5. The minimum atomic E-state index is -0.218. The van der Waals surface area contributed by atoms with Crippen LogP contribution in [-0.4, -0.2) is 18.3 Å². The highest BCUT2D eigenvalue weighted by atomic mass is 16.5. The van der Waals surface area contributed by atoms with Crippen LogP contribution in [0.25, 0.3) is 0 Å². The average molecular weight is 325 g/mol. The molecular weight excluding hydrogens is 302 g/mol. The Morgan fingerprint density at radius 1 is 1.04 bits per heavy atom. The zero-order valence-electron chi connectivity index (χ0n) is 14.3. The summed E-state index contributed by atoms with van der Waals surface area (Å²) in [5.74, 6) is 1.10. The van der Waals surface area contributed by atoms with Crippen molar-refractivity contribution in [3.05, 3.63) is 59.7 Å². The highest BCUT2D eigenvalue weighted by molar-refractivity contribution is 6.05. The molecular formula is C20H23NO3. The van der Waals surface area contributed by atoms with E-state index in [0.29, 0.717) is 29.3 Å². The van der Waals surface area contributed by atoms with Crippen molar-refractivity contribution in [2.24, 2.45) is 5.92 Å². The van der Waals surface area contributed by atoms with E-state index in [4.69, 9.17) is 4.74 Å². The van der Waals surface area contributed by atoms with Gasteiger partial charge in [0.2, 0.25) is 0 Å². The number of carbonyl (C=O) groups is 2. The van der Waals surface area contributed by atoms with E-state index in [1.165, 1.54) is 6.92 Å². The number of anilines is 1. The van der Waals surface area contributed by atoms with Gasteiger partial charge in [-0.05, 0) is 55.7 Å². The van der Waals surface area contributed by atoms with Crippen LogP contribution in [0.2, 0.25) is 0 Å². The normalized spacial score (nSPS) is 10.5. The van der Waals surface area contributed by atoms with Gasteiger partial charge in [0.15, 0.2) is 5.78 Å². The quantitative estimate of drug-likeness (QED) is 0.759. The molecule has 2 rings (SSSR count). The first-order chi connectivity index (χ1) is 11.5. The van der Waals surface area contributed by atoms with E-state index in [1.54, 1.807) is 48.5 Å². The van der Waals surface area contributed by atoms with Crippen LogP contribution in [0.5, 0.6) is 5.75 Å². The number of nitrogens with one attached hydrogen (secondary N) is 1. The molecule has 0 fully saturated rings. The highest BCUT2D eigenvalue weighted by Gasteiger charge is 2.08. The van der Waals surface area contributed by atoms with Gasteiger partial charge in [-0.25, -0.2) is 0 Å². The Kier molecular flexibility index (Phi) is 6.13. The summed E-state index contributed by atoms with van der Waals surface area (Å²) in [7, 11) is 0. The summed E-state index contributed by atoms with van der Waals surface area (Å²) in [6, 6.07) is 13.9. The zero-order valence-corrected chi connectivity index (χ0v) is 14.3. The van der Waals surface area contributed by atoms with Crippen molar-refractivity contribution in [2.45, 2.75) is 27.2 Å². The maximum atomic E-state index is 12.3. The van der Waals surface area contributed by atoms with Gasteiger partial charge in [0, 0.05) is 16.8 Å². The Balaban J connectivity index is 1.97. The molecule has 126 valence electrons. The monoisotopic (exact) mass is 325 g/mol. The van der Waals surface area contributed by atoms with Crippen LogP contribution in [0.1, 0.15) is 47.9 Å². The van der Waals surface area contributed by atoms with Crippen LogP contribution in [0, 0.1) is 5.92 Å². The maximum Gasteiger partial charge on any atom is 0.255 e. The first-order valence-corrected chi connectivity index (χ1v) is 8.11. The van der Waals surface area contributed by atoms with E-state index in [-0.39, 0.29) is 11.7 Å². The third kappa shape index (κ3) is 5.23. The van der Waals surface area contributed by atoms with E-state index in [2.05, 4.69) is 19.2 Å². The van der Waals surface area contributed by atoms with Gasteiger partial charge >= 0.3 is 0 Å². The molecule has 1 amide bonds. The van der Waals surface area contributed by atoms with Crippen LogP contribution in [-0.2, 0) is 0 Å². The summed E-state index contributed by atoms with van der Waals surface area (Å²) >= 11 is 0. The molecule has 0 spiro atoms. The number of rotatable bonds is 7. The van der Waals surface area contributed by atoms with Crippen LogP contribution < -0.4 is 10.1 Å². The number of ketones is 1. The smallest absolute Gasteiger partial charge is 0.255 e. The summed E-state index contributed by atoms with van der Waals surface area (Å²) in [6.07, 6.45) is 0.995. The SMILES string of the molecule is CC(=O)c1cccc(NC(=O)c2ccc(OCCC(C)C)cc2)c1. The third-order valence-corrected chi connectivity index (χ3v) is 3.61. The van der Waals surface area contributed by atoms with Crippen LogP contribution in [0.15, 0.2) is 48.5 Å². The van der Waals surface area contributed by atoms with Gasteiger partial charge in [-0.1, -0.05) is 26.0 Å². The predicted octanol–water partition coefficient (Wildman–Crippen LogP) is 4.57. The lowest BCUT2D eigenvalue weighted by Gasteiger charge is -2.09. The molecule has 0 saturated carbocycles. The van der Waals surface area contributed by atoms with Crippen LogP contribution in [0.4, 0.5) is 5.69 Å². The number of carbonyl (C=O) groups excluding carboxylic acids is 2. The molecule has 0 radical (unpaired) electrons. The molecule has 0 aliphatic heterocycles. The van der Waals surface area contributed by atoms with Crippen molar-refractivity contribution in [1.82, 2.24) is 0 Å². The lowest BCUT2D eigenvalue weighted by atomic mass is 10.1. The van der Waals surface area contributed by atoms with Crippen LogP contribution in [0.3, 0.4) is 0 Å². The number of hydrogen-bond donors (Lipinski definition) is 1. The maximum absolute atomic E-state index is 12.3. The molecule has 4 heteroatoms. The standard InChI is InChI=1S/C20H23NO3/c1-14(2)11-12-24-19-9-7-16(8-10-19)20(23)21-18-6-4-5-17(13-18)15(3)22/h4-10,13-14H,11-12H2,1-3H3,(H,21,23). The molecule has 0 saturated heterocycles. The lowest BCUT2D eigenvalue weighted by Crippen LogP contribution is -2.12. The van der Waals surface area contributed by atoms with E-state index in [0.717, 1.165) is 12.2 Å². The summed E-state index contributed by atoms with van der Waals surface area (Å²) < 4.78 is 5.64. The fourth-order valence-corrected chi connectivity index (χ4v) is 2.13. The fraction of sp³-hybridized carbons (Fsp3) is 0.300. The molecule has 0 aromatic heterocycles. The van der Waals surface area contributed by atoms with E-state index in [1.807, 2.05) is 0 Å². The van der Waals surface area contributed by atoms with E-state index in [9.17, 15) is 9.59 Å². The average Bonchev–Trinajstić information content (AvgIpc) is 2.55. The van der Waals surface area contributed by atoms with Gasteiger partial charge in [-0.3, -0.25) is 9.59 Å². The van der Waals surface area contributed by atoms with Gasteiger partial charge in [-0.15, -0.1) is 0 Å². The molecule has 0 bridgehead atoms. The minimum Gasteiger partial charge on any atom is -0.494 e. The molecule has 0 atom stereocenters. The fourth-order valence-electron chi connectivity index (χ4n) is 2.13. The lowest BCUT2D eigenvalue weighted by molar-refractivity contribution is 0.101. The Morgan fingerprint density at radius 3 is 2.38 bits per heavy atom. The molecule has 0 aliphatic carbocycles. The summed E-state index contributed by atoms with van der Waals surface area (Å²) in [6.45, 7) is 6.47. The molecule has 0 aliphatic rings. The molecule has 1 N–H and O–H groups in total. The second kappa shape index (κ2) is 8.29. The van der Waals surface area contributed by atoms with Crippen molar-refractivity contribution in [1.29, 1.82) is 0 Å². The van der Waals surface area contributed by atoms with Crippen molar-refractivity contribution >= 4 is 17.4 Å². The molecule has 2 aromatic carbocycles. The van der Waals surface area contributed by atoms with E-state index >= 15 is 0 Å². The second-order valence-electron chi connectivity index (χ2n) is 6.15. The summed E-state index contributed by atoms with van der Waals surface area (Å²) in [5, 5.41) is 2.80. The second-order valence-corrected chi connectivity index (χ2v) is 6.15. The minimum absolute atomic E-state index is 0.0333. The molecule has 2 aromatic rings. The first kappa shape index (κ1) is 17.7. The summed E-state index contributed by atoms with van der Waals surface area (Å²) in [5.41, 5.74) is 1.71. The highest BCUT2D eigenvalue weighted by Crippen LogP contribution is 2.16. The Morgan fingerprint density at radius 2 is 1.75 bits per heavy atom. The molecule has 0 unspecified atom stereocenters. The Bertz CT molecular complexity index is 705. The van der Waals surface area contributed by atoms with Gasteiger partial charge in [0.1, 0.15) is 5.75 Å². The molecule has 0 heterocycles. The third-order valence-electron chi connectivity index (χ3n) is 3.61. The van der Waals surface area contributed by atoms with Crippen molar-refractivity contribution in [2.75, 3.05) is 11.9 Å². The largest absolute Gasteiger partial charge is 0.494 e. The van der Waals surface area contributed by atoms with Crippen molar-refractivity contribution < 1.29 is 14.3 Å². The predicted molar refractivity (Wildman–Crippen MR) is 95.8 cm³/mol. The van der Waals surface area contributed by atoms with Crippen molar-refractivity contribution in [3.8, 4) is 5.75 Å². The number of ether oxygens (including phenoxy) is 1. The topological polar surface area (TPSA) is 55.4 Å². The van der Waals surface area contributed by atoms with Crippen LogP contribution >= 0.6 is 0 Å². The van der Waals surface area contributed by atoms with Gasteiger partial charge in [0.25, 0.3) is 5.91 Å². The number of Topliss-reactive ketones (excluding diaryl/α,β-unsaturated/α-hetero) is 1. The number of hydrogen-bond acceptors (Lipinski definition) is 3. The number of amides is 1. The first-order valence-electron chi connectivity index (χ1n) is 8.11. The summed E-state index contributed by atoms with van der Waals surface area (Å²) in [4.78, 5) is 23.7. The van der Waals surface area contributed by atoms with E-state index < -0.39 is 0 Å². The molecule has 24 heavy (non-hydrogen) atoms. The number of benzene rings is 2. The van der Waals surface area contributed by atoms with Gasteiger partial charge in [0.05, 0.1) is 6.61 Å². The Hall–Kier alpha value is -2.62. The van der Waals surface area contributed by atoms with Crippen molar-refractivity contribution in [3.63, 3.8) is 0 Å². The van der Waals surface area contributed by atoms with Gasteiger partial charge < -0.3 is 10.1 Å². The molecule has 4 nitrogen and oxygen atoms in total.